The van der Waals surface area contributed by atoms with Gasteiger partial charge in [0.1, 0.15) is 24.4 Å². The average molecular weight is 965 g/mol. The maximum absolute atomic E-state index is 13.1. The molecule has 0 spiro atoms. The number of aliphatic hydroxyl groups excluding tert-OH is 5. The Labute approximate surface area is 419 Å². The number of allylic oxidation sites excluding steroid dienone is 4. The zero-order chi connectivity index (χ0) is 49.4. The van der Waals surface area contributed by atoms with E-state index in [0.717, 1.165) is 44.9 Å². The van der Waals surface area contributed by atoms with Crippen LogP contribution in [0.2, 0.25) is 0 Å². The molecule has 0 aromatic rings. The highest BCUT2D eigenvalue weighted by molar-refractivity contribution is 5.76. The fourth-order valence-corrected chi connectivity index (χ4v) is 9.61. The van der Waals surface area contributed by atoms with Crippen molar-refractivity contribution in [3.63, 3.8) is 0 Å². The molecule has 402 valence electrons. The predicted molar refractivity (Wildman–Crippen MR) is 286 cm³/mol. The Morgan fingerprint density at radius 3 is 1.26 bits per heavy atom. The predicted octanol–water partition coefficient (Wildman–Crippen LogP) is 14.6. The Kier molecular flexibility index (Phi) is 46.9. The van der Waals surface area contributed by atoms with Crippen molar-refractivity contribution in [1.29, 1.82) is 0 Å². The molecule has 0 aromatic heterocycles. The molecule has 1 saturated heterocycles. The molecule has 0 aliphatic carbocycles. The van der Waals surface area contributed by atoms with Crippen molar-refractivity contribution < 1.29 is 39.8 Å². The molecule has 1 heterocycles. The molecule has 7 unspecified atom stereocenters. The van der Waals surface area contributed by atoms with Gasteiger partial charge < -0.3 is 40.3 Å². The Morgan fingerprint density at radius 2 is 0.868 bits per heavy atom. The van der Waals surface area contributed by atoms with Crippen molar-refractivity contribution in [1.82, 2.24) is 5.32 Å². The molecule has 1 amide bonds. The summed E-state index contributed by atoms with van der Waals surface area (Å²) in [6.07, 6.45) is 55.0. The fraction of sp³-hybridized carbons (Fsp3) is 0.915. The number of hydrogen-bond acceptors (Lipinski definition) is 8. The Hall–Kier alpha value is -1.33. The first-order valence-corrected chi connectivity index (χ1v) is 29.5. The van der Waals surface area contributed by atoms with Crippen molar-refractivity contribution in [2.45, 2.75) is 333 Å². The van der Waals surface area contributed by atoms with E-state index in [-0.39, 0.29) is 12.5 Å². The number of unbranched alkanes of at least 4 members (excludes halogenated alkanes) is 37. The number of ether oxygens (including phenoxy) is 2. The summed E-state index contributed by atoms with van der Waals surface area (Å²) in [4.78, 5) is 13.1. The average Bonchev–Trinajstić information content (AvgIpc) is 3.34. The first-order valence-electron chi connectivity index (χ1n) is 29.5. The summed E-state index contributed by atoms with van der Waals surface area (Å²) in [7, 11) is 0. The van der Waals surface area contributed by atoms with E-state index in [4.69, 9.17) is 9.47 Å². The fourth-order valence-electron chi connectivity index (χ4n) is 9.61. The van der Waals surface area contributed by atoms with Gasteiger partial charge in [-0.3, -0.25) is 4.79 Å². The van der Waals surface area contributed by atoms with Crippen molar-refractivity contribution in [2.75, 3.05) is 13.2 Å². The van der Waals surface area contributed by atoms with Crippen LogP contribution in [0.4, 0.5) is 0 Å². The van der Waals surface area contributed by atoms with E-state index < -0.39 is 49.5 Å². The Morgan fingerprint density at radius 1 is 0.500 bits per heavy atom. The lowest BCUT2D eigenvalue weighted by atomic mass is 9.99. The van der Waals surface area contributed by atoms with E-state index in [1.807, 2.05) is 0 Å². The summed E-state index contributed by atoms with van der Waals surface area (Å²) < 4.78 is 11.3. The van der Waals surface area contributed by atoms with Crippen LogP contribution in [0.3, 0.4) is 0 Å². The smallest absolute Gasteiger partial charge is 0.220 e. The van der Waals surface area contributed by atoms with E-state index in [2.05, 4.69) is 43.5 Å². The molecule has 0 saturated carbocycles. The molecular formula is C59H113NO8. The normalized spacial score (nSPS) is 19.7. The highest BCUT2D eigenvalue weighted by atomic mass is 16.7. The van der Waals surface area contributed by atoms with Gasteiger partial charge >= 0.3 is 0 Å². The third-order valence-electron chi connectivity index (χ3n) is 14.3. The van der Waals surface area contributed by atoms with Gasteiger partial charge in [-0.15, -0.1) is 0 Å². The molecule has 9 nitrogen and oxygen atoms in total. The van der Waals surface area contributed by atoms with E-state index in [1.54, 1.807) is 0 Å². The minimum atomic E-state index is -1.55. The summed E-state index contributed by atoms with van der Waals surface area (Å²) in [6, 6.07) is -0.715. The van der Waals surface area contributed by atoms with E-state index in [9.17, 15) is 30.3 Å². The Bertz CT molecular complexity index is 1120. The maximum Gasteiger partial charge on any atom is 0.220 e. The van der Waals surface area contributed by atoms with Crippen LogP contribution >= 0.6 is 0 Å². The lowest BCUT2D eigenvalue weighted by Crippen LogP contribution is -2.60. The molecule has 9 heteroatoms. The summed E-state index contributed by atoms with van der Waals surface area (Å²) in [5, 5.41) is 54.6. The monoisotopic (exact) mass is 964 g/mol. The summed E-state index contributed by atoms with van der Waals surface area (Å²) in [5.74, 6) is -0.140. The molecule has 1 fully saturated rings. The second kappa shape index (κ2) is 49.3. The number of aliphatic hydroxyl groups is 5. The van der Waals surface area contributed by atoms with Crippen molar-refractivity contribution in [2.24, 2.45) is 0 Å². The van der Waals surface area contributed by atoms with E-state index in [0.29, 0.717) is 12.8 Å². The third kappa shape index (κ3) is 38.4. The molecule has 0 bridgehead atoms. The van der Waals surface area contributed by atoms with Crippen LogP contribution in [0.5, 0.6) is 0 Å². The highest BCUT2D eigenvalue weighted by Gasteiger charge is 2.44. The maximum atomic E-state index is 13.1. The molecule has 0 aromatic carbocycles. The van der Waals surface area contributed by atoms with Gasteiger partial charge in [0.2, 0.25) is 5.91 Å². The zero-order valence-corrected chi connectivity index (χ0v) is 44.6. The van der Waals surface area contributed by atoms with Gasteiger partial charge in [0.05, 0.1) is 25.4 Å². The van der Waals surface area contributed by atoms with Gasteiger partial charge in [-0.2, -0.15) is 0 Å². The van der Waals surface area contributed by atoms with Crippen LogP contribution in [0.25, 0.3) is 0 Å². The van der Waals surface area contributed by atoms with E-state index >= 15 is 0 Å². The minimum absolute atomic E-state index is 0.134. The molecule has 0 radical (unpaired) electrons. The summed E-state index contributed by atoms with van der Waals surface area (Å²) in [5.41, 5.74) is 0. The number of carbonyl (C=O) groups excluding carboxylic acids is 1. The van der Waals surface area contributed by atoms with Gasteiger partial charge in [-0.1, -0.05) is 263 Å². The topological polar surface area (TPSA) is 149 Å². The molecular weight excluding hydrogens is 851 g/mol. The van der Waals surface area contributed by atoms with Crippen LogP contribution < -0.4 is 5.32 Å². The molecule has 1 aliphatic heterocycles. The standard InChI is InChI=1S/C59H113NO8/c1-3-5-7-9-11-13-15-17-19-20-21-22-23-24-25-26-27-28-29-30-31-32-33-34-35-37-39-41-43-45-47-49-55(63)60-52(51-67-59-58(66)57(65)56(64)54(50-61)68-59)53(62)48-46-44-42-40-38-36-18-16-14-12-10-8-6-4-2/h15,17,20-21,52-54,56-59,61-62,64-66H,3-14,16,18-19,22-51H2,1-2H3,(H,60,63)/b17-15-,21-20-. The minimum Gasteiger partial charge on any atom is -0.394 e. The van der Waals surface area contributed by atoms with Crippen LogP contribution in [0.15, 0.2) is 24.3 Å². The number of amides is 1. The summed E-state index contributed by atoms with van der Waals surface area (Å²) in [6.45, 7) is 3.85. The highest BCUT2D eigenvalue weighted by Crippen LogP contribution is 2.23. The van der Waals surface area contributed by atoms with Crippen LogP contribution in [-0.2, 0) is 14.3 Å². The lowest BCUT2D eigenvalue weighted by molar-refractivity contribution is -0.302. The van der Waals surface area contributed by atoms with E-state index in [1.165, 1.54) is 218 Å². The van der Waals surface area contributed by atoms with Crippen LogP contribution in [0, 0.1) is 0 Å². The molecule has 7 atom stereocenters. The molecule has 1 rings (SSSR count). The number of carbonyl (C=O) groups is 1. The number of hydrogen-bond donors (Lipinski definition) is 6. The number of rotatable bonds is 51. The number of nitrogens with one attached hydrogen (secondary N) is 1. The summed E-state index contributed by atoms with van der Waals surface area (Å²) >= 11 is 0. The van der Waals surface area contributed by atoms with Crippen molar-refractivity contribution in [3.05, 3.63) is 24.3 Å². The molecule has 6 N–H and O–H groups in total. The van der Waals surface area contributed by atoms with Gasteiger partial charge in [-0.05, 0) is 44.9 Å². The van der Waals surface area contributed by atoms with Crippen LogP contribution in [0.1, 0.15) is 290 Å². The van der Waals surface area contributed by atoms with Crippen molar-refractivity contribution in [3.8, 4) is 0 Å². The van der Waals surface area contributed by atoms with Gasteiger partial charge in [0.25, 0.3) is 0 Å². The quantitative estimate of drug-likeness (QED) is 0.0261. The molecule has 1 aliphatic rings. The SMILES string of the molecule is CCCCCCC/C=C\C/C=C\CCCCCCCCCCCCCCCCCCCCCC(=O)NC(COC1OC(CO)C(O)C(O)C1O)C(O)CCCCCCCCCCCCCCCC. The first kappa shape index (κ1) is 64.7. The third-order valence-corrected chi connectivity index (χ3v) is 14.3. The van der Waals surface area contributed by atoms with Gasteiger partial charge in [0, 0.05) is 6.42 Å². The largest absolute Gasteiger partial charge is 0.394 e. The lowest BCUT2D eigenvalue weighted by Gasteiger charge is -2.40. The van der Waals surface area contributed by atoms with Crippen LogP contribution in [-0.4, -0.2) is 87.5 Å². The zero-order valence-electron chi connectivity index (χ0n) is 44.6. The van der Waals surface area contributed by atoms with Gasteiger partial charge in [0.15, 0.2) is 6.29 Å². The second-order valence-electron chi connectivity index (χ2n) is 20.8. The Balaban J connectivity index is 2.11. The molecule has 68 heavy (non-hydrogen) atoms. The van der Waals surface area contributed by atoms with Gasteiger partial charge in [-0.25, -0.2) is 0 Å². The first-order chi connectivity index (χ1) is 33.3. The second-order valence-corrected chi connectivity index (χ2v) is 20.8. The van der Waals surface area contributed by atoms with Crippen molar-refractivity contribution >= 4 is 5.91 Å².